The van der Waals surface area contributed by atoms with Gasteiger partial charge in [-0.15, -0.1) is 0 Å². The Morgan fingerprint density at radius 2 is 1.81 bits per heavy atom. The van der Waals surface area contributed by atoms with Gasteiger partial charge >= 0.3 is 0 Å². The van der Waals surface area contributed by atoms with Crippen LogP contribution in [-0.4, -0.2) is 24.1 Å². The minimum atomic E-state index is -0.189. The van der Waals surface area contributed by atoms with Gasteiger partial charge in [0.15, 0.2) is 11.5 Å². The quantitative estimate of drug-likeness (QED) is 0.713. The Labute approximate surface area is 161 Å². The van der Waals surface area contributed by atoms with E-state index >= 15 is 0 Å². The summed E-state index contributed by atoms with van der Waals surface area (Å²) in [5, 5.41) is 3.37. The molecule has 4 rings (SSSR count). The van der Waals surface area contributed by atoms with Crippen molar-refractivity contribution in [3.63, 3.8) is 0 Å². The molecule has 0 bridgehead atoms. The van der Waals surface area contributed by atoms with E-state index in [9.17, 15) is 4.79 Å². The second kappa shape index (κ2) is 7.29. The lowest BCUT2D eigenvalue weighted by atomic mass is 10.1. The normalized spacial score (nSPS) is 12.5. The first-order valence-corrected chi connectivity index (χ1v) is 8.92. The number of carbonyl (C=O) groups is 1. The summed E-state index contributed by atoms with van der Waals surface area (Å²) >= 11 is 6.38. The lowest BCUT2D eigenvalue weighted by Gasteiger charge is -2.19. The van der Waals surface area contributed by atoms with Crippen LogP contribution in [0.5, 0.6) is 11.5 Å². The van der Waals surface area contributed by atoms with Gasteiger partial charge in [0.1, 0.15) is 19.0 Å². The number of carbonyl (C=O) groups excluding carboxylic acids is 1. The molecule has 1 amide bonds. The van der Waals surface area contributed by atoms with Crippen molar-refractivity contribution in [3.05, 3.63) is 70.9 Å². The summed E-state index contributed by atoms with van der Waals surface area (Å²) in [6, 6.07) is 14.6. The Morgan fingerprint density at radius 1 is 1.07 bits per heavy atom. The topological polar surface area (TPSA) is 60.5 Å². The molecule has 2 aromatic carbocycles. The second-order valence-corrected chi connectivity index (χ2v) is 6.58. The van der Waals surface area contributed by atoms with Crippen LogP contribution < -0.4 is 14.8 Å². The summed E-state index contributed by atoms with van der Waals surface area (Å²) in [7, 11) is 0. The van der Waals surface area contributed by atoms with E-state index < -0.39 is 0 Å². The van der Waals surface area contributed by atoms with Crippen molar-refractivity contribution in [3.8, 4) is 22.6 Å². The number of aryl methyl sites for hydroxylation is 1. The molecule has 27 heavy (non-hydrogen) atoms. The van der Waals surface area contributed by atoms with E-state index in [-0.39, 0.29) is 5.91 Å². The van der Waals surface area contributed by atoms with Crippen LogP contribution in [0.15, 0.2) is 54.7 Å². The molecule has 1 N–H and O–H groups in total. The molecule has 2 heterocycles. The molecule has 3 aromatic rings. The number of nitrogens with zero attached hydrogens (tertiary/aromatic N) is 1. The number of nitrogens with one attached hydrogen (secondary N) is 1. The SMILES string of the molecule is Cc1ccccc1C(=O)Nc1ccc(-c2cc3c(cc2Cl)OCCO3)cn1. The average Bonchev–Trinajstić information content (AvgIpc) is 2.68. The fraction of sp³-hybridized carbons (Fsp3) is 0.143. The smallest absolute Gasteiger partial charge is 0.257 e. The maximum atomic E-state index is 12.4. The summed E-state index contributed by atoms with van der Waals surface area (Å²) in [5.41, 5.74) is 3.16. The molecule has 0 saturated heterocycles. The molecule has 0 spiro atoms. The number of amides is 1. The van der Waals surface area contributed by atoms with Crippen LogP contribution in [0.2, 0.25) is 5.02 Å². The Balaban J connectivity index is 1.56. The zero-order valence-electron chi connectivity index (χ0n) is 14.7. The number of ether oxygens (including phenoxy) is 2. The van der Waals surface area contributed by atoms with E-state index in [1.54, 1.807) is 24.4 Å². The van der Waals surface area contributed by atoms with Crippen molar-refractivity contribution in [2.45, 2.75) is 6.92 Å². The van der Waals surface area contributed by atoms with Crippen LogP contribution >= 0.6 is 11.6 Å². The summed E-state index contributed by atoms with van der Waals surface area (Å²) < 4.78 is 11.2. The van der Waals surface area contributed by atoms with Gasteiger partial charge in [-0.2, -0.15) is 0 Å². The monoisotopic (exact) mass is 380 g/mol. The Morgan fingerprint density at radius 3 is 2.52 bits per heavy atom. The van der Waals surface area contributed by atoms with Gasteiger partial charge in [-0.25, -0.2) is 4.98 Å². The number of rotatable bonds is 3. The third-order valence-corrected chi connectivity index (χ3v) is 4.65. The first-order chi connectivity index (χ1) is 13.1. The van der Waals surface area contributed by atoms with Crippen molar-refractivity contribution in [1.82, 2.24) is 4.98 Å². The fourth-order valence-electron chi connectivity index (χ4n) is 2.92. The van der Waals surface area contributed by atoms with Crippen molar-refractivity contribution in [2.75, 3.05) is 18.5 Å². The number of halogens is 1. The first kappa shape index (κ1) is 17.4. The Bertz CT molecular complexity index is 1000. The largest absolute Gasteiger partial charge is 0.486 e. The van der Waals surface area contributed by atoms with Crippen LogP contribution in [-0.2, 0) is 0 Å². The Hall–Kier alpha value is -3.05. The number of aromatic nitrogens is 1. The highest BCUT2D eigenvalue weighted by molar-refractivity contribution is 6.33. The van der Waals surface area contributed by atoms with Gasteiger partial charge in [-0.05, 0) is 36.8 Å². The summed E-state index contributed by atoms with van der Waals surface area (Å²) in [5.74, 6) is 1.59. The number of benzene rings is 2. The van der Waals surface area contributed by atoms with Crippen LogP contribution in [0.1, 0.15) is 15.9 Å². The zero-order valence-corrected chi connectivity index (χ0v) is 15.4. The minimum absolute atomic E-state index is 0.189. The number of hydrogen-bond acceptors (Lipinski definition) is 4. The lowest BCUT2D eigenvalue weighted by Crippen LogP contribution is -2.15. The predicted octanol–water partition coefficient (Wildman–Crippen LogP) is 4.73. The van der Waals surface area contributed by atoms with Crippen LogP contribution in [0, 0.1) is 6.92 Å². The molecule has 0 atom stereocenters. The summed E-state index contributed by atoms with van der Waals surface area (Å²) in [6.07, 6.45) is 1.67. The van der Waals surface area contributed by atoms with Gasteiger partial charge in [0.25, 0.3) is 5.91 Å². The third-order valence-electron chi connectivity index (χ3n) is 4.34. The highest BCUT2D eigenvalue weighted by atomic mass is 35.5. The van der Waals surface area contributed by atoms with Gasteiger partial charge in [-0.3, -0.25) is 4.79 Å². The van der Waals surface area contributed by atoms with Gasteiger partial charge in [-0.1, -0.05) is 29.8 Å². The Kier molecular flexibility index (Phi) is 4.69. The highest BCUT2D eigenvalue weighted by Crippen LogP contribution is 2.39. The second-order valence-electron chi connectivity index (χ2n) is 6.18. The molecule has 136 valence electrons. The third kappa shape index (κ3) is 3.59. The van der Waals surface area contributed by atoms with Crippen molar-refractivity contribution >= 4 is 23.3 Å². The van der Waals surface area contributed by atoms with E-state index in [4.69, 9.17) is 21.1 Å². The molecular formula is C21H17ClN2O3. The van der Waals surface area contributed by atoms with Gasteiger partial charge in [0, 0.05) is 29.0 Å². The van der Waals surface area contributed by atoms with Crippen molar-refractivity contribution in [2.24, 2.45) is 0 Å². The van der Waals surface area contributed by atoms with E-state index in [1.165, 1.54) is 0 Å². The van der Waals surface area contributed by atoms with Crippen molar-refractivity contribution < 1.29 is 14.3 Å². The minimum Gasteiger partial charge on any atom is -0.486 e. The van der Waals surface area contributed by atoms with Crippen LogP contribution in [0.3, 0.4) is 0 Å². The zero-order chi connectivity index (χ0) is 18.8. The molecule has 5 nitrogen and oxygen atoms in total. The molecule has 6 heteroatoms. The molecule has 1 aromatic heterocycles. The molecule has 0 saturated carbocycles. The number of anilines is 1. The highest BCUT2D eigenvalue weighted by Gasteiger charge is 2.16. The molecule has 0 fully saturated rings. The van der Waals surface area contributed by atoms with E-state index in [0.29, 0.717) is 41.1 Å². The molecule has 1 aliphatic heterocycles. The lowest BCUT2D eigenvalue weighted by molar-refractivity contribution is 0.102. The molecule has 0 unspecified atom stereocenters. The van der Waals surface area contributed by atoms with E-state index in [0.717, 1.165) is 16.7 Å². The maximum Gasteiger partial charge on any atom is 0.257 e. The maximum absolute atomic E-state index is 12.4. The molecule has 0 aliphatic carbocycles. The summed E-state index contributed by atoms with van der Waals surface area (Å²) in [4.78, 5) is 16.7. The molecule has 1 aliphatic rings. The molecule has 0 radical (unpaired) electrons. The van der Waals surface area contributed by atoms with Gasteiger partial charge in [0.05, 0.1) is 5.02 Å². The van der Waals surface area contributed by atoms with Crippen molar-refractivity contribution in [1.29, 1.82) is 0 Å². The standard InChI is InChI=1S/C21H17ClN2O3/c1-13-4-2-3-5-15(13)21(25)24-20-7-6-14(12-23-20)16-10-18-19(11-17(16)22)27-9-8-26-18/h2-7,10-12H,8-9H2,1H3,(H,23,24,25). The number of hydrogen-bond donors (Lipinski definition) is 1. The molecular weight excluding hydrogens is 364 g/mol. The van der Waals surface area contributed by atoms with Gasteiger partial charge < -0.3 is 14.8 Å². The van der Waals surface area contributed by atoms with Crippen LogP contribution in [0.4, 0.5) is 5.82 Å². The number of pyridine rings is 1. The fourth-order valence-corrected chi connectivity index (χ4v) is 3.19. The predicted molar refractivity (Wildman–Crippen MR) is 105 cm³/mol. The summed E-state index contributed by atoms with van der Waals surface area (Å²) in [6.45, 7) is 2.92. The number of fused-ring (bicyclic) bond motifs is 1. The first-order valence-electron chi connectivity index (χ1n) is 8.54. The van der Waals surface area contributed by atoms with Gasteiger partial charge in [0.2, 0.25) is 0 Å². The van der Waals surface area contributed by atoms with Crippen LogP contribution in [0.25, 0.3) is 11.1 Å². The van der Waals surface area contributed by atoms with E-state index in [2.05, 4.69) is 10.3 Å². The van der Waals surface area contributed by atoms with E-state index in [1.807, 2.05) is 37.3 Å². The average molecular weight is 381 g/mol.